The third-order valence-corrected chi connectivity index (χ3v) is 7.95. The number of carbonyl (C=O) groups is 2. The Morgan fingerprint density at radius 3 is 2.33 bits per heavy atom. The van der Waals surface area contributed by atoms with E-state index in [4.69, 9.17) is 4.74 Å². The van der Waals surface area contributed by atoms with Gasteiger partial charge < -0.3 is 30.4 Å². The molecular formula is C33H32F3N5O5. The van der Waals surface area contributed by atoms with E-state index in [2.05, 4.69) is 20.6 Å². The molecule has 13 heteroatoms. The maximum Gasteiger partial charge on any atom is 0.397 e. The number of halogens is 3. The molecule has 0 aliphatic carbocycles. The maximum atomic E-state index is 13.4. The fourth-order valence-electron chi connectivity index (χ4n) is 4.95. The van der Waals surface area contributed by atoms with Crippen molar-refractivity contribution in [2.45, 2.75) is 32.0 Å². The number of hydrogen-bond donors (Lipinski definition) is 4. The van der Waals surface area contributed by atoms with Crippen LogP contribution in [0.25, 0.3) is 11.1 Å². The van der Waals surface area contributed by atoms with E-state index in [-0.39, 0.29) is 28.4 Å². The lowest BCUT2D eigenvalue weighted by molar-refractivity contribution is -0.180. The van der Waals surface area contributed by atoms with Gasteiger partial charge in [-0.15, -0.1) is 0 Å². The lowest BCUT2D eigenvalue weighted by Gasteiger charge is -2.28. The van der Waals surface area contributed by atoms with E-state index < -0.39 is 29.7 Å². The van der Waals surface area contributed by atoms with E-state index in [1.807, 2.05) is 0 Å². The van der Waals surface area contributed by atoms with Crippen molar-refractivity contribution in [2.24, 2.45) is 0 Å². The van der Waals surface area contributed by atoms with Crippen LogP contribution in [0.15, 0.2) is 77.9 Å². The number of H-pyrrole nitrogens is 1. The first-order valence-electron chi connectivity index (χ1n) is 14.4. The van der Waals surface area contributed by atoms with Gasteiger partial charge in [-0.2, -0.15) is 13.2 Å². The van der Waals surface area contributed by atoms with Gasteiger partial charge in [0.2, 0.25) is 0 Å². The lowest BCUT2D eigenvalue weighted by atomic mass is 9.83. The minimum Gasteiger partial charge on any atom is -0.392 e. The Morgan fingerprint density at radius 2 is 1.70 bits per heavy atom. The van der Waals surface area contributed by atoms with Crippen molar-refractivity contribution < 1.29 is 32.6 Å². The monoisotopic (exact) mass is 635 g/mol. The summed E-state index contributed by atoms with van der Waals surface area (Å²) < 4.78 is 45.6. The highest BCUT2D eigenvalue weighted by molar-refractivity contribution is 6.05. The number of aliphatic hydroxyl groups excluding tert-OH is 1. The Kier molecular flexibility index (Phi) is 9.26. The summed E-state index contributed by atoms with van der Waals surface area (Å²) in [5.41, 5.74) is -0.152. The van der Waals surface area contributed by atoms with Gasteiger partial charge in [0.1, 0.15) is 11.5 Å². The molecule has 3 heterocycles. The third-order valence-electron chi connectivity index (χ3n) is 7.95. The first kappa shape index (κ1) is 32.4. The highest BCUT2D eigenvalue weighted by Crippen LogP contribution is 2.40. The molecule has 0 saturated carbocycles. The molecule has 1 aliphatic rings. The van der Waals surface area contributed by atoms with Crippen LogP contribution in [0.4, 0.5) is 30.4 Å². The minimum atomic E-state index is -4.46. The number of hydrogen-bond acceptors (Lipinski definition) is 7. The Balaban J connectivity index is 1.34. The van der Waals surface area contributed by atoms with Gasteiger partial charge in [0.05, 0.1) is 30.8 Å². The molecule has 10 nitrogen and oxygen atoms in total. The van der Waals surface area contributed by atoms with Gasteiger partial charge in [-0.1, -0.05) is 24.3 Å². The third kappa shape index (κ3) is 6.80. The maximum absolute atomic E-state index is 13.4. The summed E-state index contributed by atoms with van der Waals surface area (Å²) >= 11 is 0. The van der Waals surface area contributed by atoms with Gasteiger partial charge in [-0.25, -0.2) is 4.98 Å². The number of pyridine rings is 2. The van der Waals surface area contributed by atoms with Crippen LogP contribution in [0.5, 0.6) is 0 Å². The summed E-state index contributed by atoms with van der Waals surface area (Å²) in [5, 5.41) is 16.0. The second-order valence-electron chi connectivity index (χ2n) is 11.2. The summed E-state index contributed by atoms with van der Waals surface area (Å²) in [6.07, 6.45) is -1.57. The molecule has 1 saturated heterocycles. The minimum absolute atomic E-state index is 0.0182. The van der Waals surface area contributed by atoms with E-state index in [0.29, 0.717) is 54.4 Å². The van der Waals surface area contributed by atoms with Gasteiger partial charge in [-0.3, -0.25) is 14.4 Å². The van der Waals surface area contributed by atoms with Crippen molar-refractivity contribution in [2.75, 3.05) is 36.9 Å². The number of carbonyl (C=O) groups excluding carboxylic acids is 2. The van der Waals surface area contributed by atoms with Crippen molar-refractivity contribution in [1.82, 2.24) is 14.9 Å². The van der Waals surface area contributed by atoms with E-state index >= 15 is 0 Å². The number of aromatic nitrogens is 2. The standard InChI is InChI=1S/C33H32F3N5O5/c1-32(2,33(34,35)36)23-9-6-20(7-10-23)29(43)40-26-5-3-4-24(25(26)19-42)22-16-27(30(44)38-18-22)39-28-11-8-21(17-37-28)31(45)41-12-14-46-15-13-41/h3-11,16-18,42H,12-15,19H2,1-2H3,(H,37,39)(H,38,44)(H,40,43). The van der Waals surface area contributed by atoms with Crippen molar-refractivity contribution in [3.8, 4) is 11.1 Å². The molecule has 4 N–H and O–H groups in total. The average Bonchev–Trinajstić information content (AvgIpc) is 3.05. The quantitative estimate of drug-likeness (QED) is 0.208. The van der Waals surface area contributed by atoms with Crippen molar-refractivity contribution in [3.05, 3.63) is 106 Å². The Morgan fingerprint density at radius 1 is 1.00 bits per heavy atom. The SMILES string of the molecule is CC(C)(c1ccc(C(=O)Nc2cccc(-c3c[nH]c(=O)c(Nc4ccc(C(=O)N5CCOCC5)cn4)c3)c2CO)cc1)C(F)(F)F. The molecule has 240 valence electrons. The molecule has 0 atom stereocenters. The summed E-state index contributed by atoms with van der Waals surface area (Å²) in [6, 6.07) is 14.9. The van der Waals surface area contributed by atoms with Crippen LogP contribution in [0.1, 0.15) is 45.7 Å². The van der Waals surface area contributed by atoms with Crippen LogP contribution in [0.3, 0.4) is 0 Å². The second-order valence-corrected chi connectivity index (χ2v) is 11.2. The average molecular weight is 636 g/mol. The number of rotatable bonds is 8. The second kappa shape index (κ2) is 13.2. The molecule has 46 heavy (non-hydrogen) atoms. The lowest BCUT2D eigenvalue weighted by Crippen LogP contribution is -2.40. The number of benzene rings is 2. The molecule has 5 rings (SSSR count). The first-order chi connectivity index (χ1) is 21.9. The first-order valence-corrected chi connectivity index (χ1v) is 14.4. The molecule has 2 amide bonds. The van der Waals surface area contributed by atoms with Gasteiger partial charge in [0.25, 0.3) is 17.4 Å². The number of nitrogens with one attached hydrogen (secondary N) is 3. The Hall–Kier alpha value is -5.01. The van der Waals surface area contributed by atoms with Crippen molar-refractivity contribution in [1.29, 1.82) is 0 Å². The zero-order valence-electron chi connectivity index (χ0n) is 25.1. The normalized spacial score (nSPS) is 13.7. The van der Waals surface area contributed by atoms with Crippen LogP contribution in [-0.4, -0.2) is 64.3 Å². The van der Waals surface area contributed by atoms with Crippen LogP contribution in [0.2, 0.25) is 0 Å². The number of ether oxygens (including phenoxy) is 1. The molecule has 0 radical (unpaired) electrons. The highest BCUT2D eigenvalue weighted by Gasteiger charge is 2.48. The van der Waals surface area contributed by atoms with E-state index in [1.54, 1.807) is 41.3 Å². The Labute approximate surface area is 262 Å². The van der Waals surface area contributed by atoms with Gasteiger partial charge in [0.15, 0.2) is 0 Å². The smallest absolute Gasteiger partial charge is 0.392 e. The number of nitrogens with zero attached hydrogens (tertiary/aromatic N) is 2. The van der Waals surface area contributed by atoms with E-state index in [9.17, 15) is 32.7 Å². The van der Waals surface area contributed by atoms with E-state index in [0.717, 1.165) is 13.8 Å². The molecule has 0 bridgehead atoms. The van der Waals surface area contributed by atoms with Crippen molar-refractivity contribution >= 4 is 29.0 Å². The number of aromatic amines is 1. The Bertz CT molecular complexity index is 1780. The van der Waals surface area contributed by atoms with E-state index in [1.165, 1.54) is 36.7 Å². The van der Waals surface area contributed by atoms with Gasteiger partial charge in [-0.05, 0) is 61.4 Å². The molecule has 2 aromatic carbocycles. The molecule has 1 aliphatic heterocycles. The zero-order chi connectivity index (χ0) is 33.1. The summed E-state index contributed by atoms with van der Waals surface area (Å²) in [5.74, 6) is -0.406. The summed E-state index contributed by atoms with van der Waals surface area (Å²) in [6.45, 7) is 3.63. The molecule has 2 aromatic heterocycles. The molecular weight excluding hydrogens is 603 g/mol. The summed E-state index contributed by atoms with van der Waals surface area (Å²) in [7, 11) is 0. The number of anilines is 3. The zero-order valence-corrected chi connectivity index (χ0v) is 25.1. The fourth-order valence-corrected chi connectivity index (χ4v) is 4.95. The molecule has 0 spiro atoms. The fraction of sp³-hybridized carbons (Fsp3) is 0.273. The molecule has 1 fully saturated rings. The van der Waals surface area contributed by atoms with Crippen LogP contribution < -0.4 is 16.2 Å². The van der Waals surface area contributed by atoms with Gasteiger partial charge in [0, 0.05) is 47.9 Å². The summed E-state index contributed by atoms with van der Waals surface area (Å²) in [4.78, 5) is 47.0. The molecule has 0 unspecified atom stereocenters. The van der Waals surface area contributed by atoms with Crippen LogP contribution in [-0.2, 0) is 16.8 Å². The number of aliphatic hydroxyl groups is 1. The van der Waals surface area contributed by atoms with Crippen molar-refractivity contribution in [3.63, 3.8) is 0 Å². The highest BCUT2D eigenvalue weighted by atomic mass is 19.4. The molecule has 4 aromatic rings. The van der Waals surface area contributed by atoms with Crippen LogP contribution >= 0.6 is 0 Å². The van der Waals surface area contributed by atoms with Gasteiger partial charge >= 0.3 is 6.18 Å². The van der Waals surface area contributed by atoms with Crippen LogP contribution in [0, 0.1) is 0 Å². The number of alkyl halides is 3. The number of amides is 2. The predicted octanol–water partition coefficient (Wildman–Crippen LogP) is 5.24. The number of morpholine rings is 1. The largest absolute Gasteiger partial charge is 0.397 e. The topological polar surface area (TPSA) is 137 Å². The predicted molar refractivity (Wildman–Crippen MR) is 166 cm³/mol.